The zero-order chi connectivity index (χ0) is 18.6. The van der Waals surface area contributed by atoms with E-state index < -0.39 is 0 Å². The number of carbonyl (C=O) groups excluding carboxylic acids is 1. The maximum Gasteiger partial charge on any atom is 0.196 e. The summed E-state index contributed by atoms with van der Waals surface area (Å²) >= 11 is 0. The fourth-order valence-electron chi connectivity index (χ4n) is 6.54. The van der Waals surface area contributed by atoms with Gasteiger partial charge in [-0.25, -0.2) is 0 Å². The SMILES string of the molecule is COc1ccc(C23CC4CC(CC(C4)C2)C3)cc1C(=O)c1ccc(C)cc1. The topological polar surface area (TPSA) is 26.3 Å². The molecule has 4 fully saturated rings. The van der Waals surface area contributed by atoms with Gasteiger partial charge in [-0.3, -0.25) is 4.79 Å². The fraction of sp³-hybridized carbons (Fsp3) is 0.480. The van der Waals surface area contributed by atoms with Crippen molar-refractivity contribution >= 4 is 5.78 Å². The monoisotopic (exact) mass is 360 g/mol. The van der Waals surface area contributed by atoms with Crippen molar-refractivity contribution in [1.82, 2.24) is 0 Å². The molecule has 0 spiro atoms. The van der Waals surface area contributed by atoms with Crippen molar-refractivity contribution < 1.29 is 9.53 Å². The van der Waals surface area contributed by atoms with E-state index in [1.54, 1.807) is 7.11 Å². The Balaban J connectivity index is 1.55. The molecule has 27 heavy (non-hydrogen) atoms. The van der Waals surface area contributed by atoms with Crippen LogP contribution in [0, 0.1) is 24.7 Å². The Morgan fingerprint density at radius 1 is 0.926 bits per heavy atom. The Bertz CT molecular complexity index is 842. The molecule has 6 rings (SSSR count). The molecule has 0 heterocycles. The third-order valence-electron chi connectivity index (χ3n) is 7.41. The molecule has 140 valence electrons. The number of aryl methyl sites for hydroxylation is 1. The average molecular weight is 360 g/mol. The van der Waals surface area contributed by atoms with Crippen LogP contribution in [0.4, 0.5) is 0 Å². The van der Waals surface area contributed by atoms with Crippen molar-refractivity contribution in [1.29, 1.82) is 0 Å². The summed E-state index contributed by atoms with van der Waals surface area (Å²) in [7, 11) is 1.66. The summed E-state index contributed by atoms with van der Waals surface area (Å²) in [5.74, 6) is 3.45. The van der Waals surface area contributed by atoms with E-state index in [-0.39, 0.29) is 5.78 Å². The van der Waals surface area contributed by atoms with Gasteiger partial charge in [-0.1, -0.05) is 35.9 Å². The number of benzene rings is 2. The highest BCUT2D eigenvalue weighted by atomic mass is 16.5. The summed E-state index contributed by atoms with van der Waals surface area (Å²) < 4.78 is 5.56. The molecule has 0 radical (unpaired) electrons. The first-order chi connectivity index (χ1) is 13.1. The van der Waals surface area contributed by atoms with Crippen molar-refractivity contribution in [3.05, 3.63) is 64.7 Å². The minimum atomic E-state index is 0.0680. The van der Waals surface area contributed by atoms with Crippen molar-refractivity contribution in [2.45, 2.75) is 50.9 Å². The molecule has 0 saturated heterocycles. The molecule has 4 aliphatic carbocycles. The lowest BCUT2D eigenvalue weighted by atomic mass is 9.48. The van der Waals surface area contributed by atoms with Gasteiger partial charge in [0.15, 0.2) is 5.78 Å². The minimum absolute atomic E-state index is 0.0680. The van der Waals surface area contributed by atoms with Crippen LogP contribution in [0.3, 0.4) is 0 Å². The van der Waals surface area contributed by atoms with Gasteiger partial charge in [-0.2, -0.15) is 0 Å². The molecule has 0 aromatic heterocycles. The summed E-state index contributed by atoms with van der Waals surface area (Å²) in [5.41, 5.74) is 4.29. The predicted octanol–water partition coefficient (Wildman–Crippen LogP) is 5.70. The zero-order valence-corrected chi connectivity index (χ0v) is 16.3. The number of rotatable bonds is 4. The van der Waals surface area contributed by atoms with E-state index in [2.05, 4.69) is 12.1 Å². The molecule has 2 aromatic carbocycles. The van der Waals surface area contributed by atoms with Gasteiger partial charge in [0.05, 0.1) is 12.7 Å². The van der Waals surface area contributed by atoms with Crippen molar-refractivity contribution in [2.75, 3.05) is 7.11 Å². The number of hydrogen-bond acceptors (Lipinski definition) is 2. The predicted molar refractivity (Wildman–Crippen MR) is 107 cm³/mol. The molecule has 0 atom stereocenters. The van der Waals surface area contributed by atoms with E-state index in [0.29, 0.717) is 11.2 Å². The Hall–Kier alpha value is -2.09. The van der Waals surface area contributed by atoms with Gasteiger partial charge in [0.2, 0.25) is 0 Å². The third-order valence-corrected chi connectivity index (χ3v) is 7.41. The van der Waals surface area contributed by atoms with Crippen LogP contribution in [-0.2, 0) is 5.41 Å². The Labute approximate surface area is 161 Å². The van der Waals surface area contributed by atoms with E-state index in [0.717, 1.165) is 28.9 Å². The van der Waals surface area contributed by atoms with Crippen molar-refractivity contribution in [3.8, 4) is 5.75 Å². The van der Waals surface area contributed by atoms with Crippen LogP contribution in [0.2, 0.25) is 0 Å². The van der Waals surface area contributed by atoms with Gasteiger partial charge in [0.25, 0.3) is 0 Å². The molecule has 0 N–H and O–H groups in total. The van der Waals surface area contributed by atoms with Gasteiger partial charge < -0.3 is 4.74 Å². The molecule has 0 aliphatic heterocycles. The zero-order valence-electron chi connectivity index (χ0n) is 16.3. The Morgan fingerprint density at radius 2 is 1.52 bits per heavy atom. The first-order valence-electron chi connectivity index (χ1n) is 10.4. The smallest absolute Gasteiger partial charge is 0.196 e. The Kier molecular flexibility index (Phi) is 3.93. The molecular formula is C25H28O2. The summed E-state index contributed by atoms with van der Waals surface area (Å²) in [6, 6.07) is 14.3. The molecule has 2 nitrogen and oxygen atoms in total. The van der Waals surface area contributed by atoms with Gasteiger partial charge >= 0.3 is 0 Å². The maximum atomic E-state index is 13.2. The van der Waals surface area contributed by atoms with Crippen molar-refractivity contribution in [3.63, 3.8) is 0 Å². The van der Waals surface area contributed by atoms with E-state index in [4.69, 9.17) is 4.74 Å². The van der Waals surface area contributed by atoms with E-state index >= 15 is 0 Å². The molecule has 0 unspecified atom stereocenters. The maximum absolute atomic E-state index is 13.2. The molecule has 4 bridgehead atoms. The van der Waals surface area contributed by atoms with Gasteiger partial charge in [-0.15, -0.1) is 0 Å². The standard InChI is InChI=1S/C25H28O2/c1-16-3-5-20(6-4-16)24(26)22-12-21(7-8-23(22)27-2)25-13-17-9-18(14-25)11-19(10-17)15-25/h3-8,12,17-19H,9-11,13-15H2,1-2H3. The molecule has 0 amide bonds. The fourth-order valence-corrected chi connectivity index (χ4v) is 6.54. The highest BCUT2D eigenvalue weighted by Crippen LogP contribution is 2.60. The second-order valence-corrected chi connectivity index (χ2v) is 9.31. The van der Waals surface area contributed by atoms with Crippen LogP contribution >= 0.6 is 0 Å². The normalized spacial score (nSPS) is 31.1. The number of ether oxygens (including phenoxy) is 1. The van der Waals surface area contributed by atoms with Crippen LogP contribution in [0.1, 0.15) is 65.6 Å². The van der Waals surface area contributed by atoms with Crippen LogP contribution in [-0.4, -0.2) is 12.9 Å². The largest absolute Gasteiger partial charge is 0.496 e. The van der Waals surface area contributed by atoms with Gasteiger partial charge in [0.1, 0.15) is 5.75 Å². The molecule has 4 saturated carbocycles. The van der Waals surface area contributed by atoms with Crippen LogP contribution < -0.4 is 4.74 Å². The lowest BCUT2D eigenvalue weighted by Gasteiger charge is -2.57. The molecule has 2 heteroatoms. The molecule has 2 aromatic rings. The summed E-state index contributed by atoms with van der Waals surface area (Å²) in [4.78, 5) is 13.2. The van der Waals surface area contributed by atoms with E-state index in [9.17, 15) is 4.79 Å². The minimum Gasteiger partial charge on any atom is -0.496 e. The quantitative estimate of drug-likeness (QED) is 0.654. The lowest BCUT2D eigenvalue weighted by Crippen LogP contribution is -2.48. The summed E-state index contributed by atoms with van der Waals surface area (Å²) in [5, 5.41) is 0. The lowest BCUT2D eigenvalue weighted by molar-refractivity contribution is -0.00521. The number of hydrogen-bond donors (Lipinski definition) is 0. The second-order valence-electron chi connectivity index (χ2n) is 9.31. The first-order valence-corrected chi connectivity index (χ1v) is 10.4. The van der Waals surface area contributed by atoms with Crippen LogP contribution in [0.15, 0.2) is 42.5 Å². The molecule has 4 aliphatic rings. The van der Waals surface area contributed by atoms with E-state index in [1.807, 2.05) is 37.3 Å². The highest BCUT2D eigenvalue weighted by molar-refractivity contribution is 6.10. The number of carbonyl (C=O) groups is 1. The third kappa shape index (κ3) is 2.81. The number of ketones is 1. The second kappa shape index (κ2) is 6.22. The van der Waals surface area contributed by atoms with Crippen LogP contribution in [0.5, 0.6) is 5.75 Å². The number of methoxy groups -OCH3 is 1. The highest BCUT2D eigenvalue weighted by Gasteiger charge is 2.51. The summed E-state index contributed by atoms with van der Waals surface area (Å²) in [6.45, 7) is 2.04. The first kappa shape index (κ1) is 17.0. The summed E-state index contributed by atoms with van der Waals surface area (Å²) in [6.07, 6.45) is 8.23. The van der Waals surface area contributed by atoms with E-state index in [1.165, 1.54) is 49.7 Å². The van der Waals surface area contributed by atoms with Crippen LogP contribution in [0.25, 0.3) is 0 Å². The Morgan fingerprint density at radius 3 is 2.07 bits per heavy atom. The average Bonchev–Trinajstić information content (AvgIpc) is 2.66. The molecular weight excluding hydrogens is 332 g/mol. The van der Waals surface area contributed by atoms with Gasteiger partial charge in [0, 0.05) is 5.56 Å². The van der Waals surface area contributed by atoms with Gasteiger partial charge in [-0.05, 0) is 86.3 Å². The van der Waals surface area contributed by atoms with Crippen molar-refractivity contribution in [2.24, 2.45) is 17.8 Å².